The van der Waals surface area contributed by atoms with Crippen molar-refractivity contribution in [2.24, 2.45) is 0 Å². The van der Waals surface area contributed by atoms with Gasteiger partial charge >= 0.3 is 11.9 Å². The molecular weight excluding hydrogens is 899 g/mol. The maximum Gasteiger partial charge on any atom is 0.342 e. The molecule has 0 spiro atoms. The molecule has 0 atom stereocenters. The lowest BCUT2D eigenvalue weighted by atomic mass is 10.0. The van der Waals surface area contributed by atoms with Crippen molar-refractivity contribution >= 4 is 128 Å². The number of carbonyl (C=O) groups excluding carboxylic acids is 2. The van der Waals surface area contributed by atoms with E-state index in [1.807, 2.05) is 0 Å². The largest absolute Gasteiger partial charge is 0.459 e. The molecule has 4 nitrogen and oxygen atoms in total. The first-order valence-corrected chi connectivity index (χ1v) is 24.1. The standard InChI is InChI=1S/C40H66Cl10O4/c41-37(42,29-23-19-15-11-7-3-1-5-9-13-17-21-25-31-39(45,46)47)35(51)53-33-27-28-34-54-36(52)38(43,44)30-24-20-16-12-8-4-2-6-10-14-18-22-26-32-40(48,49)50/h27-28H,1-26,29-34H2. The number of halogens is 10. The average Bonchev–Trinajstić information content (AvgIpc) is 3.08. The van der Waals surface area contributed by atoms with Gasteiger partial charge in [0, 0.05) is 0 Å². The molecule has 0 N–H and O–H groups in total. The Morgan fingerprint density at radius 1 is 0.315 bits per heavy atom. The van der Waals surface area contributed by atoms with E-state index in [1.165, 1.54) is 89.9 Å². The number of rotatable bonds is 36. The van der Waals surface area contributed by atoms with Gasteiger partial charge in [0.05, 0.1) is 0 Å². The van der Waals surface area contributed by atoms with Gasteiger partial charge < -0.3 is 9.47 Å². The number of unbranched alkanes of at least 4 members (excludes halogenated alkanes) is 24. The molecule has 0 rings (SSSR count). The van der Waals surface area contributed by atoms with E-state index in [-0.39, 0.29) is 13.2 Å². The molecule has 0 saturated heterocycles. The Kier molecular flexibility index (Phi) is 35.3. The molecule has 0 aliphatic carbocycles. The number of hydrogen-bond donors (Lipinski definition) is 0. The first kappa shape index (κ1) is 55.6. The van der Waals surface area contributed by atoms with Crippen molar-refractivity contribution < 1.29 is 19.1 Å². The monoisotopic (exact) mass is 960 g/mol. The Morgan fingerprint density at radius 2 is 0.500 bits per heavy atom. The van der Waals surface area contributed by atoms with E-state index in [4.69, 9.17) is 125 Å². The predicted octanol–water partition coefficient (Wildman–Crippen LogP) is 17.4. The van der Waals surface area contributed by atoms with Crippen LogP contribution in [-0.2, 0) is 19.1 Å². The quantitative estimate of drug-likeness (QED) is 0.0272. The molecule has 0 amide bonds. The maximum atomic E-state index is 12.4. The molecule has 0 aliphatic heterocycles. The van der Waals surface area contributed by atoms with Gasteiger partial charge in [-0.1, -0.05) is 257 Å². The molecule has 0 fully saturated rings. The van der Waals surface area contributed by atoms with Crippen molar-refractivity contribution in [2.45, 2.75) is 209 Å². The summed E-state index contributed by atoms with van der Waals surface area (Å²) in [4.78, 5) is 24.7. The van der Waals surface area contributed by atoms with Crippen LogP contribution < -0.4 is 0 Å². The van der Waals surface area contributed by atoms with Crippen molar-refractivity contribution in [1.82, 2.24) is 0 Å². The van der Waals surface area contributed by atoms with Crippen LogP contribution in [0.3, 0.4) is 0 Å². The fourth-order valence-corrected chi connectivity index (χ4v) is 7.59. The molecule has 0 heterocycles. The fraction of sp³-hybridized carbons (Fsp3) is 0.900. The molecule has 0 radical (unpaired) electrons. The van der Waals surface area contributed by atoms with Crippen molar-refractivity contribution in [1.29, 1.82) is 0 Å². The summed E-state index contributed by atoms with van der Waals surface area (Å²) >= 11 is 59.7. The van der Waals surface area contributed by atoms with Crippen molar-refractivity contribution in [2.75, 3.05) is 13.2 Å². The van der Waals surface area contributed by atoms with Crippen LogP contribution in [0.2, 0.25) is 0 Å². The highest BCUT2D eigenvalue weighted by Gasteiger charge is 2.35. The molecule has 0 aromatic heterocycles. The van der Waals surface area contributed by atoms with Crippen LogP contribution in [0.1, 0.15) is 193 Å². The molecule has 0 saturated carbocycles. The molecule has 0 bridgehead atoms. The Morgan fingerprint density at radius 3 is 0.704 bits per heavy atom. The van der Waals surface area contributed by atoms with E-state index in [2.05, 4.69) is 0 Å². The first-order valence-electron chi connectivity index (χ1n) is 20.3. The zero-order valence-corrected chi connectivity index (χ0v) is 39.8. The lowest BCUT2D eigenvalue weighted by Gasteiger charge is -2.17. The van der Waals surface area contributed by atoms with Gasteiger partial charge in [0.1, 0.15) is 13.2 Å². The summed E-state index contributed by atoms with van der Waals surface area (Å²) in [5.74, 6) is -1.37. The van der Waals surface area contributed by atoms with Crippen LogP contribution in [0.4, 0.5) is 0 Å². The van der Waals surface area contributed by atoms with Gasteiger partial charge in [0.25, 0.3) is 0 Å². The molecular formula is C40H66Cl10O4. The van der Waals surface area contributed by atoms with E-state index in [0.29, 0.717) is 25.7 Å². The van der Waals surface area contributed by atoms with Gasteiger partial charge in [-0.15, -0.1) is 0 Å². The van der Waals surface area contributed by atoms with E-state index >= 15 is 0 Å². The summed E-state index contributed by atoms with van der Waals surface area (Å²) in [5, 5.41) is 0. The van der Waals surface area contributed by atoms with Crippen LogP contribution in [0.25, 0.3) is 0 Å². The van der Waals surface area contributed by atoms with Gasteiger partial charge in [0.15, 0.2) is 7.59 Å². The van der Waals surface area contributed by atoms with Gasteiger partial charge in [-0.3, -0.25) is 0 Å². The van der Waals surface area contributed by atoms with Crippen LogP contribution in [-0.4, -0.2) is 41.4 Å². The molecule has 320 valence electrons. The van der Waals surface area contributed by atoms with E-state index < -0.39 is 28.2 Å². The molecule has 0 aromatic carbocycles. The zero-order valence-electron chi connectivity index (χ0n) is 32.2. The Balaban J connectivity index is 3.74. The Labute approximate surface area is 378 Å². The second-order valence-electron chi connectivity index (χ2n) is 14.5. The predicted molar refractivity (Wildman–Crippen MR) is 239 cm³/mol. The van der Waals surface area contributed by atoms with Crippen LogP contribution in [0, 0.1) is 0 Å². The Bertz CT molecular complexity index is 878. The highest BCUT2D eigenvalue weighted by molar-refractivity contribution is 6.68. The average molecular weight is 965 g/mol. The summed E-state index contributed by atoms with van der Waals surface area (Å²) in [6.07, 6.45) is 34.5. The second kappa shape index (κ2) is 34.3. The van der Waals surface area contributed by atoms with Gasteiger partial charge in [-0.05, 0) is 63.5 Å². The van der Waals surface area contributed by atoms with Crippen molar-refractivity contribution in [3.63, 3.8) is 0 Å². The minimum atomic E-state index is -1.59. The first-order chi connectivity index (χ1) is 25.5. The minimum Gasteiger partial charge on any atom is -0.459 e. The Hall–Kier alpha value is 1.58. The highest BCUT2D eigenvalue weighted by atomic mass is 35.6. The van der Waals surface area contributed by atoms with Crippen molar-refractivity contribution in [3.8, 4) is 0 Å². The zero-order chi connectivity index (χ0) is 40.6. The number of alkyl halides is 10. The fourth-order valence-electron chi connectivity index (χ4n) is 6.03. The summed E-state index contributed by atoms with van der Waals surface area (Å²) in [7, 11) is 0. The summed E-state index contributed by atoms with van der Waals surface area (Å²) in [6, 6.07) is 0. The van der Waals surface area contributed by atoms with E-state index in [1.54, 1.807) is 12.2 Å². The third kappa shape index (κ3) is 37.8. The molecule has 14 heteroatoms. The lowest BCUT2D eigenvalue weighted by Crippen LogP contribution is -2.29. The van der Waals surface area contributed by atoms with Crippen LogP contribution in [0.15, 0.2) is 12.2 Å². The van der Waals surface area contributed by atoms with Crippen LogP contribution in [0.5, 0.6) is 0 Å². The third-order valence-electron chi connectivity index (χ3n) is 9.29. The number of hydrogen-bond acceptors (Lipinski definition) is 4. The summed E-state index contributed by atoms with van der Waals surface area (Å²) in [5.41, 5.74) is 0. The third-order valence-corrected chi connectivity index (χ3v) is 11.8. The number of ether oxygens (including phenoxy) is 2. The maximum absolute atomic E-state index is 12.4. The molecule has 0 aliphatic rings. The topological polar surface area (TPSA) is 52.6 Å². The van der Waals surface area contributed by atoms with Crippen molar-refractivity contribution in [3.05, 3.63) is 12.2 Å². The normalized spacial score (nSPS) is 12.9. The van der Waals surface area contributed by atoms with Gasteiger partial charge in [0.2, 0.25) is 8.67 Å². The molecule has 0 aromatic rings. The number of esters is 2. The SMILES string of the molecule is O=C(OCC=CCOC(=O)C(Cl)(Cl)CCCCCCCCCCCCCCCC(Cl)(Cl)Cl)C(Cl)(Cl)CCCCCCCCCCCCCCCC(Cl)(Cl)Cl. The highest BCUT2D eigenvalue weighted by Crippen LogP contribution is 2.34. The molecule has 54 heavy (non-hydrogen) atoms. The van der Waals surface area contributed by atoms with Gasteiger partial charge in [-0.2, -0.15) is 0 Å². The second-order valence-corrected chi connectivity index (χ2v) is 22.5. The smallest absolute Gasteiger partial charge is 0.342 e. The van der Waals surface area contributed by atoms with E-state index in [9.17, 15) is 9.59 Å². The molecule has 0 unspecified atom stereocenters. The summed E-state index contributed by atoms with van der Waals surface area (Å²) < 4.78 is 4.99. The van der Waals surface area contributed by atoms with E-state index in [0.717, 1.165) is 77.0 Å². The minimum absolute atomic E-state index is 0.0397. The lowest BCUT2D eigenvalue weighted by molar-refractivity contribution is -0.144. The summed E-state index contributed by atoms with van der Waals surface area (Å²) in [6.45, 7) is -0.0794. The van der Waals surface area contributed by atoms with Crippen LogP contribution >= 0.6 is 116 Å². The number of carbonyl (C=O) groups is 2. The van der Waals surface area contributed by atoms with Gasteiger partial charge in [-0.25, -0.2) is 9.59 Å².